The van der Waals surface area contributed by atoms with Crippen molar-refractivity contribution in [2.75, 3.05) is 26.2 Å². The van der Waals surface area contributed by atoms with Gasteiger partial charge in [-0.1, -0.05) is 24.3 Å². The quantitative estimate of drug-likeness (QED) is 0.944. The summed E-state index contributed by atoms with van der Waals surface area (Å²) in [6, 6.07) is 8.81. The van der Waals surface area contributed by atoms with E-state index in [1.165, 1.54) is 46.0 Å². The molecule has 3 nitrogen and oxygen atoms in total. The molecule has 0 amide bonds. The molecule has 0 unspecified atom stereocenters. The van der Waals surface area contributed by atoms with Crippen molar-refractivity contribution in [2.24, 2.45) is 0 Å². The lowest BCUT2D eigenvalue weighted by molar-refractivity contribution is 0.233. The van der Waals surface area contributed by atoms with Crippen LogP contribution in [0.3, 0.4) is 0 Å². The highest BCUT2D eigenvalue weighted by atomic mass is 32.1. The summed E-state index contributed by atoms with van der Waals surface area (Å²) >= 11 is 1.91. The summed E-state index contributed by atoms with van der Waals surface area (Å²) < 4.78 is 0. The molecule has 1 aromatic carbocycles. The minimum absolute atomic E-state index is 1.04. The van der Waals surface area contributed by atoms with Gasteiger partial charge < -0.3 is 5.32 Å². The highest BCUT2D eigenvalue weighted by Crippen LogP contribution is 2.35. The predicted molar refractivity (Wildman–Crippen MR) is 87.7 cm³/mol. The van der Waals surface area contributed by atoms with E-state index in [1.807, 2.05) is 11.3 Å². The van der Waals surface area contributed by atoms with E-state index in [9.17, 15) is 0 Å². The minimum Gasteiger partial charge on any atom is -0.314 e. The number of thiazole rings is 1. The van der Waals surface area contributed by atoms with Crippen molar-refractivity contribution in [2.45, 2.75) is 25.8 Å². The van der Waals surface area contributed by atoms with Crippen molar-refractivity contribution in [1.82, 2.24) is 15.2 Å². The third-order valence-corrected chi connectivity index (χ3v) is 5.64. The minimum atomic E-state index is 1.04. The van der Waals surface area contributed by atoms with Crippen LogP contribution in [0.2, 0.25) is 0 Å². The topological polar surface area (TPSA) is 28.2 Å². The molecule has 1 N–H and O–H groups in total. The van der Waals surface area contributed by atoms with Crippen LogP contribution in [0.25, 0.3) is 10.6 Å². The molecule has 21 heavy (non-hydrogen) atoms. The fourth-order valence-electron chi connectivity index (χ4n) is 3.28. The Labute approximate surface area is 130 Å². The average molecular weight is 299 g/mol. The van der Waals surface area contributed by atoms with Gasteiger partial charge in [-0.3, -0.25) is 4.90 Å². The summed E-state index contributed by atoms with van der Waals surface area (Å²) in [6.45, 7) is 5.54. The zero-order chi connectivity index (χ0) is 14.1. The average Bonchev–Trinajstić information content (AvgIpc) is 3.10. The molecule has 0 bridgehead atoms. The zero-order valence-electron chi connectivity index (χ0n) is 12.3. The Hall–Kier alpha value is -1.23. The number of hydrogen-bond acceptors (Lipinski definition) is 4. The van der Waals surface area contributed by atoms with Crippen molar-refractivity contribution in [3.8, 4) is 10.6 Å². The normalized spacial score (nSPS) is 18.9. The first-order valence-electron chi connectivity index (χ1n) is 7.90. The molecule has 1 aliphatic carbocycles. The van der Waals surface area contributed by atoms with Gasteiger partial charge in [0.05, 0.1) is 5.69 Å². The maximum absolute atomic E-state index is 4.90. The lowest BCUT2D eigenvalue weighted by atomic mass is 10.1. The summed E-state index contributed by atoms with van der Waals surface area (Å²) in [5.41, 5.74) is 4.12. The summed E-state index contributed by atoms with van der Waals surface area (Å²) in [5, 5.41) is 4.65. The summed E-state index contributed by atoms with van der Waals surface area (Å²) in [4.78, 5) is 8.96. The van der Waals surface area contributed by atoms with Gasteiger partial charge in [0.2, 0.25) is 0 Å². The maximum Gasteiger partial charge on any atom is 0.124 e. The van der Waals surface area contributed by atoms with Crippen LogP contribution in [0.1, 0.15) is 22.6 Å². The molecule has 0 atom stereocenters. The van der Waals surface area contributed by atoms with Crippen LogP contribution in [0.15, 0.2) is 24.3 Å². The Morgan fingerprint density at radius 3 is 2.86 bits per heavy atom. The molecule has 1 fully saturated rings. The van der Waals surface area contributed by atoms with Crippen LogP contribution in [0, 0.1) is 0 Å². The number of aryl methyl sites for hydroxylation is 2. The van der Waals surface area contributed by atoms with Gasteiger partial charge in [0.25, 0.3) is 0 Å². The molecule has 2 heterocycles. The van der Waals surface area contributed by atoms with Gasteiger partial charge >= 0.3 is 0 Å². The van der Waals surface area contributed by atoms with Gasteiger partial charge in [-0.15, -0.1) is 11.3 Å². The van der Waals surface area contributed by atoms with Crippen LogP contribution in [-0.2, 0) is 19.4 Å². The van der Waals surface area contributed by atoms with Gasteiger partial charge in [-0.05, 0) is 24.8 Å². The predicted octanol–water partition coefficient (Wildman–Crippen LogP) is 2.70. The number of piperazine rings is 1. The van der Waals surface area contributed by atoms with Crippen LogP contribution in [0.5, 0.6) is 0 Å². The lowest BCUT2D eigenvalue weighted by Crippen LogP contribution is -2.42. The third-order valence-electron chi connectivity index (χ3n) is 4.45. The smallest absolute Gasteiger partial charge is 0.124 e. The van der Waals surface area contributed by atoms with Gasteiger partial charge in [0.15, 0.2) is 0 Å². The van der Waals surface area contributed by atoms with Gasteiger partial charge in [0, 0.05) is 43.2 Å². The molecule has 2 aliphatic rings. The largest absolute Gasteiger partial charge is 0.314 e. The lowest BCUT2D eigenvalue weighted by Gasteiger charge is -2.27. The number of benzene rings is 1. The van der Waals surface area contributed by atoms with E-state index in [-0.39, 0.29) is 0 Å². The molecule has 0 saturated carbocycles. The van der Waals surface area contributed by atoms with Crippen molar-refractivity contribution in [1.29, 1.82) is 0 Å². The van der Waals surface area contributed by atoms with Crippen molar-refractivity contribution < 1.29 is 0 Å². The molecule has 1 aliphatic heterocycles. The Balaban J connectivity index is 1.62. The molecule has 1 aromatic heterocycles. The Kier molecular flexibility index (Phi) is 3.76. The van der Waals surface area contributed by atoms with Crippen LogP contribution in [0.4, 0.5) is 0 Å². The molecule has 4 heteroatoms. The highest BCUT2D eigenvalue weighted by Gasteiger charge is 2.19. The first-order valence-corrected chi connectivity index (χ1v) is 8.72. The van der Waals surface area contributed by atoms with E-state index in [2.05, 4.69) is 34.5 Å². The van der Waals surface area contributed by atoms with Crippen molar-refractivity contribution in [3.05, 3.63) is 40.4 Å². The second-order valence-electron chi connectivity index (χ2n) is 5.93. The number of fused-ring (bicyclic) bond motifs is 1. The maximum atomic E-state index is 4.90. The summed E-state index contributed by atoms with van der Waals surface area (Å²) in [6.07, 6.45) is 3.69. The van der Waals surface area contributed by atoms with Gasteiger partial charge in [-0.2, -0.15) is 0 Å². The molecular formula is C17H21N3S. The van der Waals surface area contributed by atoms with Gasteiger partial charge in [-0.25, -0.2) is 4.98 Å². The van der Waals surface area contributed by atoms with Crippen LogP contribution >= 0.6 is 11.3 Å². The molecule has 1 saturated heterocycles. The zero-order valence-corrected chi connectivity index (χ0v) is 13.1. The Morgan fingerprint density at radius 2 is 2.00 bits per heavy atom. The van der Waals surface area contributed by atoms with Crippen molar-refractivity contribution in [3.63, 3.8) is 0 Å². The SMILES string of the molecule is c1ccc(-c2nc3c(s2)CCC3)c(CN2CCNCC2)c1. The number of rotatable bonds is 3. The van der Waals surface area contributed by atoms with E-state index < -0.39 is 0 Å². The van der Waals surface area contributed by atoms with E-state index in [0.29, 0.717) is 0 Å². The Bertz CT molecular complexity index is 607. The second-order valence-corrected chi connectivity index (χ2v) is 7.01. The fourth-order valence-corrected chi connectivity index (χ4v) is 4.49. The van der Waals surface area contributed by atoms with E-state index in [0.717, 1.165) is 32.7 Å². The van der Waals surface area contributed by atoms with Crippen LogP contribution in [-0.4, -0.2) is 36.1 Å². The molecule has 2 aromatic rings. The summed E-state index contributed by atoms with van der Waals surface area (Å²) in [5.74, 6) is 0. The molecular weight excluding hydrogens is 278 g/mol. The van der Waals surface area contributed by atoms with Crippen LogP contribution < -0.4 is 5.32 Å². The first-order chi connectivity index (χ1) is 10.4. The van der Waals surface area contributed by atoms with E-state index in [4.69, 9.17) is 4.98 Å². The standard InChI is InChI=1S/C17H21N3S/c1-2-5-14(17-19-15-6-3-7-16(15)21-17)13(4-1)12-20-10-8-18-9-11-20/h1-2,4-5,18H,3,6-12H2. The monoisotopic (exact) mass is 299 g/mol. The van der Waals surface area contributed by atoms with Gasteiger partial charge in [0.1, 0.15) is 5.01 Å². The molecule has 0 spiro atoms. The number of nitrogens with zero attached hydrogens (tertiary/aromatic N) is 2. The molecule has 0 radical (unpaired) electrons. The highest BCUT2D eigenvalue weighted by molar-refractivity contribution is 7.15. The van der Waals surface area contributed by atoms with E-state index in [1.54, 1.807) is 0 Å². The number of aromatic nitrogens is 1. The number of hydrogen-bond donors (Lipinski definition) is 1. The van der Waals surface area contributed by atoms with Crippen molar-refractivity contribution >= 4 is 11.3 Å². The van der Waals surface area contributed by atoms with E-state index >= 15 is 0 Å². The number of nitrogens with one attached hydrogen (secondary N) is 1. The fraction of sp³-hybridized carbons (Fsp3) is 0.471. The molecule has 4 rings (SSSR count). The summed E-state index contributed by atoms with van der Waals surface area (Å²) in [7, 11) is 0. The second kappa shape index (κ2) is 5.87. The third kappa shape index (κ3) is 2.76. The molecule has 110 valence electrons. The first kappa shape index (κ1) is 13.4. The Morgan fingerprint density at radius 1 is 1.14 bits per heavy atom.